The van der Waals surface area contributed by atoms with Crippen LogP contribution in [0.4, 0.5) is 10.5 Å². The van der Waals surface area contributed by atoms with Crippen LogP contribution < -0.4 is 5.63 Å². The summed E-state index contributed by atoms with van der Waals surface area (Å²) in [7, 11) is 1.27. The van der Waals surface area contributed by atoms with Gasteiger partial charge in [0, 0.05) is 23.9 Å². The maximum Gasteiger partial charge on any atom is 0.432 e. The van der Waals surface area contributed by atoms with E-state index in [9.17, 15) is 14.7 Å². The van der Waals surface area contributed by atoms with Gasteiger partial charge in [0.2, 0.25) is 0 Å². The van der Waals surface area contributed by atoms with E-state index in [-0.39, 0.29) is 17.4 Å². The number of carbonyl (C=O) groups is 1. The Morgan fingerprint density at radius 3 is 2.65 bits per heavy atom. The zero-order valence-corrected chi connectivity index (χ0v) is 19.4. The van der Waals surface area contributed by atoms with E-state index in [1.165, 1.54) is 38.7 Å². The summed E-state index contributed by atoms with van der Waals surface area (Å²) < 4.78 is 9.83. The van der Waals surface area contributed by atoms with Crippen molar-refractivity contribution in [2.24, 2.45) is 15.9 Å². The second kappa shape index (κ2) is 14.3. The Kier molecular flexibility index (Phi) is 12.2. The Morgan fingerprint density at radius 2 is 2.00 bits per heavy atom. The highest BCUT2D eigenvalue weighted by Crippen LogP contribution is 2.29. The average molecular weight is 433 g/mol. The summed E-state index contributed by atoms with van der Waals surface area (Å²) in [6.07, 6.45) is 11.6. The van der Waals surface area contributed by atoms with Crippen molar-refractivity contribution in [1.29, 1.82) is 0 Å². The number of aromatic hydroxyl groups is 1. The van der Waals surface area contributed by atoms with Gasteiger partial charge in [0.25, 0.3) is 0 Å². The van der Waals surface area contributed by atoms with E-state index in [0.29, 0.717) is 30.2 Å². The van der Waals surface area contributed by atoms with Gasteiger partial charge in [-0.05, 0) is 44.6 Å². The molecular formula is C24H36N2O5. The molecule has 0 aliphatic rings. The van der Waals surface area contributed by atoms with Crippen LogP contribution in [0.2, 0.25) is 0 Å². The quantitative estimate of drug-likeness (QED) is 0.307. The Labute approximate surface area is 185 Å². The van der Waals surface area contributed by atoms with Gasteiger partial charge in [-0.1, -0.05) is 46.1 Å². The second-order valence-corrected chi connectivity index (χ2v) is 7.87. The molecule has 1 N–H and O–H groups in total. The molecule has 0 aromatic carbocycles. The van der Waals surface area contributed by atoms with Crippen molar-refractivity contribution in [3.63, 3.8) is 0 Å². The molecule has 172 valence electrons. The molecule has 1 aromatic heterocycles. The first-order valence-corrected chi connectivity index (χ1v) is 11.0. The molecule has 0 bridgehead atoms. The van der Waals surface area contributed by atoms with E-state index in [4.69, 9.17) is 4.42 Å². The third kappa shape index (κ3) is 10.2. The molecule has 7 nitrogen and oxygen atoms in total. The van der Waals surface area contributed by atoms with E-state index in [1.54, 1.807) is 6.92 Å². The molecule has 0 aliphatic carbocycles. The molecule has 1 amide bonds. The highest BCUT2D eigenvalue weighted by Gasteiger charge is 2.15. The summed E-state index contributed by atoms with van der Waals surface area (Å²) in [6, 6.07) is 1.46. The third-order valence-corrected chi connectivity index (χ3v) is 4.97. The van der Waals surface area contributed by atoms with Gasteiger partial charge in [0.05, 0.1) is 7.11 Å². The lowest BCUT2D eigenvalue weighted by molar-refractivity contribution is 0.182. The van der Waals surface area contributed by atoms with Crippen molar-refractivity contribution in [3.05, 3.63) is 34.4 Å². The van der Waals surface area contributed by atoms with E-state index >= 15 is 0 Å². The number of unbranched alkanes of at least 4 members (excludes halogenated alkanes) is 3. The minimum absolute atomic E-state index is 0.0758. The summed E-state index contributed by atoms with van der Waals surface area (Å²) >= 11 is 0. The molecule has 0 fully saturated rings. The maximum atomic E-state index is 12.4. The lowest BCUT2D eigenvalue weighted by atomic mass is 10.0. The number of hydrogen-bond donors (Lipinski definition) is 1. The second-order valence-electron chi connectivity index (χ2n) is 7.87. The topological polar surface area (TPSA) is 101 Å². The van der Waals surface area contributed by atoms with Crippen molar-refractivity contribution in [1.82, 2.24) is 0 Å². The first kappa shape index (κ1) is 26.3. The van der Waals surface area contributed by atoms with Gasteiger partial charge in [-0.3, -0.25) is 0 Å². The molecule has 0 saturated heterocycles. The predicted molar refractivity (Wildman–Crippen MR) is 125 cm³/mol. The molecule has 1 aromatic rings. The zero-order chi connectivity index (χ0) is 23.2. The van der Waals surface area contributed by atoms with E-state index < -0.39 is 11.7 Å². The number of hydrogen-bond acceptors (Lipinski definition) is 6. The fourth-order valence-corrected chi connectivity index (χ4v) is 3.02. The summed E-state index contributed by atoms with van der Waals surface area (Å²) in [5, 5.41) is 10.3. The number of rotatable bonds is 12. The Hall–Kier alpha value is -2.70. The Balaban J connectivity index is 2.73. The van der Waals surface area contributed by atoms with Crippen LogP contribution in [-0.2, 0) is 4.74 Å². The number of ether oxygens (including phenoxy) is 1. The largest absolute Gasteiger partial charge is 0.505 e. The highest BCUT2D eigenvalue weighted by molar-refractivity contribution is 5.95. The smallest absolute Gasteiger partial charge is 0.432 e. The Morgan fingerprint density at radius 1 is 1.26 bits per heavy atom. The molecule has 0 aliphatic heterocycles. The summed E-state index contributed by atoms with van der Waals surface area (Å²) in [4.78, 5) is 31.2. The standard InChI is InChI=1S/C24H36N2O5/c1-6-7-8-11-17(2)13-14-19(4)26-22-20(27)16-21(31-23(22)28)18(3)12-9-10-15-25-24(29)30-5/h13-18,27H,6-12H2,1-5H3/b14-13+,25-15?,26-19?. The molecule has 0 saturated carbocycles. The van der Waals surface area contributed by atoms with Crippen LogP contribution in [0.3, 0.4) is 0 Å². The van der Waals surface area contributed by atoms with Crippen LogP contribution in [0.5, 0.6) is 5.75 Å². The number of amides is 1. The zero-order valence-electron chi connectivity index (χ0n) is 19.4. The normalized spacial score (nSPS) is 14.3. The van der Waals surface area contributed by atoms with Gasteiger partial charge < -0.3 is 14.3 Å². The van der Waals surface area contributed by atoms with Crippen LogP contribution in [0.1, 0.15) is 84.3 Å². The SMILES string of the molecule is CCCCCC(C)/C=C/C(C)=Nc1c(O)cc(C(C)CCCC=NC(=O)OC)oc1=O. The molecule has 1 rings (SSSR count). The maximum absolute atomic E-state index is 12.4. The van der Waals surface area contributed by atoms with Crippen LogP contribution >= 0.6 is 0 Å². The number of methoxy groups -OCH3 is 1. The van der Waals surface area contributed by atoms with Gasteiger partial charge in [-0.2, -0.15) is 4.99 Å². The lowest BCUT2D eigenvalue weighted by Gasteiger charge is -2.10. The van der Waals surface area contributed by atoms with E-state index in [0.717, 1.165) is 12.8 Å². The van der Waals surface area contributed by atoms with Crippen molar-refractivity contribution in [2.75, 3.05) is 7.11 Å². The van der Waals surface area contributed by atoms with Gasteiger partial charge in [-0.15, -0.1) is 0 Å². The molecule has 7 heteroatoms. The first-order chi connectivity index (χ1) is 14.8. The van der Waals surface area contributed by atoms with Crippen molar-refractivity contribution < 1.29 is 19.1 Å². The molecule has 2 unspecified atom stereocenters. The number of allylic oxidation sites excluding steroid dienone is 2. The monoisotopic (exact) mass is 432 g/mol. The number of nitrogens with zero attached hydrogens (tertiary/aromatic N) is 2. The van der Waals surface area contributed by atoms with Crippen molar-refractivity contribution >= 4 is 23.7 Å². The van der Waals surface area contributed by atoms with Gasteiger partial charge in [0.15, 0.2) is 11.4 Å². The average Bonchev–Trinajstić information content (AvgIpc) is 2.74. The van der Waals surface area contributed by atoms with E-state index in [2.05, 4.69) is 34.6 Å². The van der Waals surface area contributed by atoms with Gasteiger partial charge >= 0.3 is 11.7 Å². The summed E-state index contributed by atoms with van der Waals surface area (Å²) in [6.45, 7) is 8.04. The molecule has 0 spiro atoms. The van der Waals surface area contributed by atoms with Gasteiger partial charge in [0.1, 0.15) is 5.76 Å². The number of aliphatic imine (C=N–C) groups is 2. The van der Waals surface area contributed by atoms with Gasteiger partial charge in [-0.25, -0.2) is 14.6 Å². The van der Waals surface area contributed by atoms with Crippen LogP contribution in [0.25, 0.3) is 0 Å². The summed E-state index contributed by atoms with van der Waals surface area (Å²) in [5.41, 5.74) is -0.101. The van der Waals surface area contributed by atoms with Crippen LogP contribution in [0.15, 0.2) is 37.4 Å². The molecular weight excluding hydrogens is 396 g/mol. The first-order valence-electron chi connectivity index (χ1n) is 11.0. The van der Waals surface area contributed by atoms with Crippen LogP contribution in [-0.4, -0.2) is 30.2 Å². The predicted octanol–water partition coefficient (Wildman–Crippen LogP) is 6.32. The minimum atomic E-state index is -0.655. The number of carbonyl (C=O) groups excluding carboxylic acids is 1. The molecule has 0 radical (unpaired) electrons. The van der Waals surface area contributed by atoms with Crippen LogP contribution in [0, 0.1) is 5.92 Å². The molecule has 31 heavy (non-hydrogen) atoms. The van der Waals surface area contributed by atoms with Crippen molar-refractivity contribution in [3.8, 4) is 5.75 Å². The lowest BCUT2D eigenvalue weighted by Crippen LogP contribution is -2.05. The fraction of sp³-hybridized carbons (Fsp3) is 0.583. The minimum Gasteiger partial charge on any atom is -0.505 e. The molecule has 1 heterocycles. The van der Waals surface area contributed by atoms with Crippen molar-refractivity contribution in [2.45, 2.75) is 78.6 Å². The fourth-order valence-electron chi connectivity index (χ4n) is 3.02. The highest BCUT2D eigenvalue weighted by atomic mass is 16.5. The summed E-state index contributed by atoms with van der Waals surface area (Å²) in [5.74, 6) is 0.578. The van der Waals surface area contributed by atoms with E-state index in [1.807, 2.05) is 13.0 Å². The third-order valence-electron chi connectivity index (χ3n) is 4.97. The Bertz CT molecular complexity index is 839. The molecule has 2 atom stereocenters.